The van der Waals surface area contributed by atoms with Crippen molar-refractivity contribution >= 4 is 22.5 Å². The lowest BCUT2D eigenvalue weighted by atomic mass is 10.1. The Morgan fingerprint density at radius 1 is 1.05 bits per heavy atom. The number of aromatic nitrogens is 1. The summed E-state index contributed by atoms with van der Waals surface area (Å²) in [6.45, 7) is 1.49. The molecular formula is C17H17ClN2. The van der Waals surface area contributed by atoms with Gasteiger partial charge in [-0.3, -0.25) is 0 Å². The van der Waals surface area contributed by atoms with Crippen molar-refractivity contribution in [2.45, 2.75) is 13.0 Å². The molecule has 3 aromatic rings. The van der Waals surface area contributed by atoms with Gasteiger partial charge < -0.3 is 10.3 Å². The third kappa shape index (κ3) is 2.58. The highest BCUT2D eigenvalue weighted by Crippen LogP contribution is 2.22. The first-order valence-corrected chi connectivity index (χ1v) is 7.17. The lowest BCUT2D eigenvalue weighted by Gasteiger charge is -2.10. The summed E-state index contributed by atoms with van der Waals surface area (Å²) in [5.74, 6) is 0. The van der Waals surface area contributed by atoms with Gasteiger partial charge in [0.25, 0.3) is 0 Å². The van der Waals surface area contributed by atoms with Crippen LogP contribution in [-0.4, -0.2) is 11.1 Å². The molecule has 3 rings (SSSR count). The summed E-state index contributed by atoms with van der Waals surface area (Å²) in [5.41, 5.74) is 9.50. The van der Waals surface area contributed by atoms with E-state index in [1.54, 1.807) is 0 Å². The first kappa shape index (κ1) is 13.2. The zero-order valence-electron chi connectivity index (χ0n) is 11.2. The minimum Gasteiger partial charge on any atom is -0.343 e. The van der Waals surface area contributed by atoms with Crippen LogP contribution in [0.25, 0.3) is 10.9 Å². The van der Waals surface area contributed by atoms with Crippen LogP contribution in [0.4, 0.5) is 0 Å². The summed E-state index contributed by atoms with van der Waals surface area (Å²) in [5, 5.41) is 2.04. The maximum atomic E-state index is 6.06. The molecule has 102 valence electrons. The van der Waals surface area contributed by atoms with Crippen molar-refractivity contribution in [1.29, 1.82) is 0 Å². The van der Waals surface area contributed by atoms with Gasteiger partial charge in [-0.25, -0.2) is 0 Å². The van der Waals surface area contributed by atoms with E-state index in [1.165, 1.54) is 22.0 Å². The molecule has 1 heterocycles. The highest BCUT2D eigenvalue weighted by atomic mass is 35.5. The van der Waals surface area contributed by atoms with Crippen molar-refractivity contribution in [2.75, 3.05) is 6.54 Å². The van der Waals surface area contributed by atoms with Gasteiger partial charge in [0.15, 0.2) is 0 Å². The van der Waals surface area contributed by atoms with Crippen molar-refractivity contribution in [3.63, 3.8) is 0 Å². The molecule has 0 amide bonds. The standard InChI is InChI=1S/C17H17ClN2/c18-16-6-1-3-13(11-16)12-20-10-8-15-5-2-4-14(7-9-19)17(15)20/h1-6,8,10-11H,7,9,12,19H2. The molecule has 0 spiro atoms. The molecule has 20 heavy (non-hydrogen) atoms. The largest absolute Gasteiger partial charge is 0.343 e. The molecule has 0 unspecified atom stereocenters. The van der Waals surface area contributed by atoms with E-state index in [-0.39, 0.29) is 0 Å². The normalized spacial score (nSPS) is 11.1. The predicted octanol–water partition coefficient (Wildman–Crippen LogP) is 3.84. The fraction of sp³-hybridized carbons (Fsp3) is 0.176. The first-order valence-electron chi connectivity index (χ1n) is 6.79. The van der Waals surface area contributed by atoms with Gasteiger partial charge >= 0.3 is 0 Å². The fourth-order valence-corrected chi connectivity index (χ4v) is 2.87. The van der Waals surface area contributed by atoms with Crippen LogP contribution in [-0.2, 0) is 13.0 Å². The Hall–Kier alpha value is -1.77. The van der Waals surface area contributed by atoms with Crippen molar-refractivity contribution in [3.05, 3.63) is 70.9 Å². The van der Waals surface area contributed by atoms with Crippen LogP contribution in [0.1, 0.15) is 11.1 Å². The molecule has 2 N–H and O–H groups in total. The molecule has 0 atom stereocenters. The Morgan fingerprint density at radius 3 is 2.70 bits per heavy atom. The fourth-order valence-electron chi connectivity index (χ4n) is 2.66. The van der Waals surface area contributed by atoms with Crippen LogP contribution in [0.5, 0.6) is 0 Å². The van der Waals surface area contributed by atoms with Gasteiger partial charge in [-0.05, 0) is 47.7 Å². The molecule has 0 bridgehead atoms. The number of fused-ring (bicyclic) bond motifs is 1. The number of nitrogens with zero attached hydrogens (tertiary/aromatic N) is 1. The molecule has 1 aromatic heterocycles. The number of nitrogens with two attached hydrogens (primary N) is 1. The van der Waals surface area contributed by atoms with Crippen LogP contribution in [0.15, 0.2) is 54.7 Å². The molecule has 0 aliphatic carbocycles. The van der Waals surface area contributed by atoms with Gasteiger partial charge in [0.1, 0.15) is 0 Å². The SMILES string of the molecule is NCCc1cccc2ccn(Cc3cccc(Cl)c3)c12. The highest BCUT2D eigenvalue weighted by molar-refractivity contribution is 6.30. The Kier molecular flexibility index (Phi) is 3.77. The molecular weight excluding hydrogens is 268 g/mol. The summed E-state index contributed by atoms with van der Waals surface area (Å²) in [7, 11) is 0. The predicted molar refractivity (Wildman–Crippen MR) is 85.3 cm³/mol. The lowest BCUT2D eigenvalue weighted by molar-refractivity contribution is 0.828. The molecule has 2 aromatic carbocycles. The summed E-state index contributed by atoms with van der Waals surface area (Å²) < 4.78 is 2.27. The second-order valence-corrected chi connectivity index (χ2v) is 5.40. The minimum atomic E-state index is 0.668. The lowest BCUT2D eigenvalue weighted by Crippen LogP contribution is -2.05. The Balaban J connectivity index is 2.03. The third-order valence-electron chi connectivity index (χ3n) is 3.53. The van der Waals surface area contributed by atoms with Crippen molar-refractivity contribution in [1.82, 2.24) is 4.57 Å². The topological polar surface area (TPSA) is 30.9 Å². The Labute approximate surface area is 123 Å². The van der Waals surface area contributed by atoms with Gasteiger partial charge in [-0.2, -0.15) is 0 Å². The van der Waals surface area contributed by atoms with Crippen LogP contribution in [0, 0.1) is 0 Å². The molecule has 0 radical (unpaired) electrons. The molecule has 0 saturated heterocycles. The average Bonchev–Trinajstić information content (AvgIpc) is 2.84. The molecule has 0 aliphatic rings. The van der Waals surface area contributed by atoms with Crippen molar-refractivity contribution < 1.29 is 0 Å². The summed E-state index contributed by atoms with van der Waals surface area (Å²) in [6, 6.07) is 16.6. The Bertz CT molecular complexity index is 731. The average molecular weight is 285 g/mol. The van der Waals surface area contributed by atoms with Crippen LogP contribution >= 0.6 is 11.6 Å². The van der Waals surface area contributed by atoms with E-state index in [4.69, 9.17) is 17.3 Å². The van der Waals surface area contributed by atoms with E-state index < -0.39 is 0 Å². The molecule has 0 saturated carbocycles. The van der Waals surface area contributed by atoms with Crippen LogP contribution in [0.2, 0.25) is 5.02 Å². The van der Waals surface area contributed by atoms with Crippen LogP contribution < -0.4 is 5.73 Å². The molecule has 0 fully saturated rings. The zero-order chi connectivity index (χ0) is 13.9. The van der Waals surface area contributed by atoms with Gasteiger partial charge in [0.05, 0.1) is 5.52 Å². The van der Waals surface area contributed by atoms with Crippen molar-refractivity contribution in [2.24, 2.45) is 5.73 Å². The summed E-state index contributed by atoms with van der Waals surface area (Å²) >= 11 is 6.06. The number of para-hydroxylation sites is 1. The first-order chi connectivity index (χ1) is 9.78. The molecule has 3 heteroatoms. The summed E-state index contributed by atoms with van der Waals surface area (Å²) in [6.07, 6.45) is 3.03. The van der Waals surface area contributed by atoms with Gasteiger partial charge in [0, 0.05) is 17.8 Å². The quantitative estimate of drug-likeness (QED) is 0.775. The van der Waals surface area contributed by atoms with E-state index in [0.29, 0.717) is 6.54 Å². The zero-order valence-corrected chi connectivity index (χ0v) is 12.0. The number of halogens is 1. The second kappa shape index (κ2) is 5.70. The van der Waals surface area contributed by atoms with E-state index >= 15 is 0 Å². The second-order valence-electron chi connectivity index (χ2n) is 4.97. The molecule has 2 nitrogen and oxygen atoms in total. The van der Waals surface area contributed by atoms with Gasteiger partial charge in [-0.1, -0.05) is 41.9 Å². The summed E-state index contributed by atoms with van der Waals surface area (Å²) in [4.78, 5) is 0. The van der Waals surface area contributed by atoms with E-state index in [0.717, 1.165) is 18.0 Å². The number of hydrogen-bond donors (Lipinski definition) is 1. The minimum absolute atomic E-state index is 0.668. The number of benzene rings is 2. The van der Waals surface area contributed by atoms with E-state index in [2.05, 4.69) is 41.1 Å². The van der Waals surface area contributed by atoms with Crippen LogP contribution in [0.3, 0.4) is 0 Å². The van der Waals surface area contributed by atoms with E-state index in [9.17, 15) is 0 Å². The molecule has 0 aliphatic heterocycles. The van der Waals surface area contributed by atoms with Gasteiger partial charge in [-0.15, -0.1) is 0 Å². The Morgan fingerprint density at radius 2 is 1.90 bits per heavy atom. The number of rotatable bonds is 4. The highest BCUT2D eigenvalue weighted by Gasteiger charge is 2.06. The number of hydrogen-bond acceptors (Lipinski definition) is 1. The van der Waals surface area contributed by atoms with Gasteiger partial charge in [0.2, 0.25) is 0 Å². The van der Waals surface area contributed by atoms with E-state index in [1.807, 2.05) is 18.2 Å². The third-order valence-corrected chi connectivity index (χ3v) is 3.76. The monoisotopic (exact) mass is 284 g/mol. The smallest absolute Gasteiger partial charge is 0.0516 e. The maximum absolute atomic E-state index is 6.06. The van der Waals surface area contributed by atoms with Crippen molar-refractivity contribution in [3.8, 4) is 0 Å². The maximum Gasteiger partial charge on any atom is 0.0516 e.